The number of esters is 1. The number of hydrogen-bond acceptors (Lipinski definition) is 5. The molecule has 0 radical (unpaired) electrons. The lowest BCUT2D eigenvalue weighted by Crippen LogP contribution is -2.44. The molecule has 2 atom stereocenters. The number of hydrogen-bond donors (Lipinski definition) is 0. The molecule has 3 aromatic carbocycles. The second kappa shape index (κ2) is 8.41. The van der Waals surface area contributed by atoms with Gasteiger partial charge in [0.05, 0.1) is 14.2 Å². The highest BCUT2D eigenvalue weighted by Gasteiger charge is 2.54. The summed E-state index contributed by atoms with van der Waals surface area (Å²) in [6.45, 7) is 0. The van der Waals surface area contributed by atoms with Crippen molar-refractivity contribution in [1.82, 2.24) is 0 Å². The summed E-state index contributed by atoms with van der Waals surface area (Å²) in [7, 11) is 3.00. The third-order valence-electron chi connectivity index (χ3n) is 5.23. The molecule has 0 N–H and O–H groups in total. The van der Waals surface area contributed by atoms with E-state index in [1.54, 1.807) is 7.11 Å². The molecule has 5 nitrogen and oxygen atoms in total. The van der Waals surface area contributed by atoms with Gasteiger partial charge < -0.3 is 14.2 Å². The van der Waals surface area contributed by atoms with Crippen LogP contribution in [-0.4, -0.2) is 31.6 Å². The number of rotatable bonds is 6. The molecule has 0 saturated heterocycles. The predicted octanol–water partition coefficient (Wildman–Crippen LogP) is 4.37. The van der Waals surface area contributed by atoms with E-state index in [4.69, 9.17) is 19.2 Å². The summed E-state index contributed by atoms with van der Waals surface area (Å²) in [6, 6.07) is 26.9. The van der Waals surface area contributed by atoms with E-state index < -0.39 is 17.6 Å². The Hall–Kier alpha value is -3.60. The molecular formula is C25H23NO4. The van der Waals surface area contributed by atoms with Crippen molar-refractivity contribution >= 4 is 11.9 Å². The minimum Gasteiger partial charge on any atom is -0.497 e. The van der Waals surface area contributed by atoms with E-state index in [1.165, 1.54) is 7.11 Å². The number of benzene rings is 3. The van der Waals surface area contributed by atoms with Crippen LogP contribution in [0, 0.1) is 0 Å². The molecule has 0 aromatic heterocycles. The molecule has 0 fully saturated rings. The zero-order chi connectivity index (χ0) is 21.0. The fraction of sp³-hybridized carbons (Fsp3) is 0.200. The van der Waals surface area contributed by atoms with Crippen molar-refractivity contribution in [3.8, 4) is 5.75 Å². The highest BCUT2D eigenvalue weighted by atomic mass is 16.5. The van der Waals surface area contributed by atoms with Crippen molar-refractivity contribution in [1.29, 1.82) is 0 Å². The Morgan fingerprint density at radius 1 is 0.967 bits per heavy atom. The van der Waals surface area contributed by atoms with Gasteiger partial charge in [-0.25, -0.2) is 9.79 Å². The molecule has 1 aliphatic heterocycles. The minimum absolute atomic E-state index is 0.312. The van der Waals surface area contributed by atoms with E-state index in [2.05, 4.69) is 0 Å². The van der Waals surface area contributed by atoms with Crippen molar-refractivity contribution in [2.75, 3.05) is 14.2 Å². The molecular weight excluding hydrogens is 378 g/mol. The van der Waals surface area contributed by atoms with Gasteiger partial charge in [0.25, 0.3) is 0 Å². The lowest BCUT2D eigenvalue weighted by Gasteiger charge is -2.29. The molecule has 0 spiro atoms. The Labute approximate surface area is 175 Å². The standard InChI is InChI=1S/C25H23NO4/c1-28-21-15-9-10-18(16-21)17-25(24(27)29-2)22(19-11-5-3-6-12-19)30-23(26-25)20-13-7-4-8-14-20/h3-16,22H,17H2,1-2H3/t22-,25-/m0/s1. The summed E-state index contributed by atoms with van der Waals surface area (Å²) in [4.78, 5) is 18.1. The van der Waals surface area contributed by atoms with Crippen LogP contribution < -0.4 is 4.74 Å². The second-order valence-electron chi connectivity index (χ2n) is 7.14. The lowest BCUT2D eigenvalue weighted by atomic mass is 9.83. The molecule has 0 unspecified atom stereocenters. The third-order valence-corrected chi connectivity index (χ3v) is 5.23. The van der Waals surface area contributed by atoms with Gasteiger partial charge in [-0.05, 0) is 35.4 Å². The van der Waals surface area contributed by atoms with Gasteiger partial charge in [0.1, 0.15) is 5.75 Å². The van der Waals surface area contributed by atoms with Gasteiger partial charge in [-0.15, -0.1) is 0 Å². The van der Waals surface area contributed by atoms with Crippen molar-refractivity contribution in [3.63, 3.8) is 0 Å². The maximum absolute atomic E-state index is 13.2. The number of carbonyl (C=O) groups excluding carboxylic acids is 1. The molecule has 1 heterocycles. The Morgan fingerprint density at radius 2 is 1.67 bits per heavy atom. The Bertz CT molecular complexity index is 1050. The van der Waals surface area contributed by atoms with E-state index in [1.807, 2.05) is 84.9 Å². The summed E-state index contributed by atoms with van der Waals surface area (Å²) in [5.74, 6) is 0.706. The zero-order valence-electron chi connectivity index (χ0n) is 16.9. The van der Waals surface area contributed by atoms with E-state index in [0.29, 0.717) is 12.3 Å². The third kappa shape index (κ3) is 3.66. The van der Waals surface area contributed by atoms with Crippen LogP contribution in [0.3, 0.4) is 0 Å². The van der Waals surface area contributed by atoms with Crippen LogP contribution >= 0.6 is 0 Å². The van der Waals surface area contributed by atoms with Crippen LogP contribution in [-0.2, 0) is 20.7 Å². The van der Waals surface area contributed by atoms with Crippen molar-refractivity contribution in [3.05, 3.63) is 102 Å². The SMILES string of the molecule is COC(=O)[C@@]1(Cc2cccc(OC)c2)N=C(c2ccccc2)O[C@H]1c1ccccc1. The highest BCUT2D eigenvalue weighted by molar-refractivity contribution is 5.99. The monoisotopic (exact) mass is 401 g/mol. The van der Waals surface area contributed by atoms with Crippen molar-refractivity contribution < 1.29 is 19.0 Å². The summed E-state index contributed by atoms with van der Waals surface area (Å²) in [6.07, 6.45) is -0.306. The maximum Gasteiger partial charge on any atom is 0.338 e. The van der Waals surface area contributed by atoms with Gasteiger partial charge in [0.2, 0.25) is 11.4 Å². The number of ether oxygens (including phenoxy) is 3. The molecule has 0 amide bonds. The Kier molecular flexibility index (Phi) is 5.53. The fourth-order valence-electron chi connectivity index (χ4n) is 3.79. The van der Waals surface area contributed by atoms with E-state index in [-0.39, 0.29) is 0 Å². The predicted molar refractivity (Wildman–Crippen MR) is 115 cm³/mol. The van der Waals surface area contributed by atoms with Crippen LogP contribution in [0.15, 0.2) is 89.9 Å². The molecule has 5 heteroatoms. The number of aliphatic imine (C=N–C) groups is 1. The van der Waals surface area contributed by atoms with Crippen molar-refractivity contribution in [2.45, 2.75) is 18.1 Å². The lowest BCUT2D eigenvalue weighted by molar-refractivity contribution is -0.149. The summed E-state index contributed by atoms with van der Waals surface area (Å²) >= 11 is 0. The summed E-state index contributed by atoms with van der Waals surface area (Å²) in [5, 5.41) is 0. The van der Waals surface area contributed by atoms with E-state index >= 15 is 0 Å². The zero-order valence-corrected chi connectivity index (χ0v) is 16.9. The molecule has 4 rings (SSSR count). The smallest absolute Gasteiger partial charge is 0.338 e. The van der Waals surface area contributed by atoms with Gasteiger partial charge in [-0.1, -0.05) is 60.7 Å². The first-order valence-electron chi connectivity index (χ1n) is 9.74. The average molecular weight is 401 g/mol. The Morgan fingerprint density at radius 3 is 2.33 bits per heavy atom. The molecule has 0 aliphatic carbocycles. The average Bonchev–Trinajstić information content (AvgIpc) is 3.20. The second-order valence-corrected chi connectivity index (χ2v) is 7.14. The molecule has 152 valence electrons. The van der Waals surface area contributed by atoms with E-state index in [9.17, 15) is 4.79 Å². The quantitative estimate of drug-likeness (QED) is 0.576. The summed E-state index contributed by atoms with van der Waals surface area (Å²) < 4.78 is 16.9. The van der Waals surface area contributed by atoms with Gasteiger partial charge >= 0.3 is 5.97 Å². The first-order chi connectivity index (χ1) is 14.7. The molecule has 0 saturated carbocycles. The normalized spacial score (nSPS) is 20.2. The number of carbonyl (C=O) groups is 1. The largest absolute Gasteiger partial charge is 0.497 e. The first kappa shape index (κ1) is 19.7. The fourth-order valence-corrected chi connectivity index (χ4v) is 3.79. The highest BCUT2D eigenvalue weighted by Crippen LogP contribution is 2.43. The van der Waals surface area contributed by atoms with Crippen LogP contribution in [0.2, 0.25) is 0 Å². The first-order valence-corrected chi connectivity index (χ1v) is 9.74. The topological polar surface area (TPSA) is 57.1 Å². The van der Waals surface area contributed by atoms with Crippen LogP contribution in [0.25, 0.3) is 0 Å². The molecule has 1 aliphatic rings. The minimum atomic E-state index is -1.26. The molecule has 0 bridgehead atoms. The van der Waals surface area contributed by atoms with Crippen LogP contribution in [0.4, 0.5) is 0 Å². The van der Waals surface area contributed by atoms with Crippen molar-refractivity contribution in [2.24, 2.45) is 4.99 Å². The number of nitrogens with zero attached hydrogens (tertiary/aromatic N) is 1. The van der Waals surface area contributed by atoms with Gasteiger partial charge in [0.15, 0.2) is 6.10 Å². The van der Waals surface area contributed by atoms with E-state index in [0.717, 1.165) is 22.4 Å². The van der Waals surface area contributed by atoms with Crippen LogP contribution in [0.5, 0.6) is 5.75 Å². The number of methoxy groups -OCH3 is 2. The Balaban J connectivity index is 1.85. The van der Waals surface area contributed by atoms with Crippen LogP contribution in [0.1, 0.15) is 22.8 Å². The molecule has 30 heavy (non-hydrogen) atoms. The van der Waals surface area contributed by atoms with Gasteiger partial charge in [-0.2, -0.15) is 0 Å². The van der Waals surface area contributed by atoms with Gasteiger partial charge in [0, 0.05) is 12.0 Å². The molecule has 3 aromatic rings. The van der Waals surface area contributed by atoms with Gasteiger partial charge in [-0.3, -0.25) is 0 Å². The maximum atomic E-state index is 13.2. The summed E-state index contributed by atoms with van der Waals surface area (Å²) in [5.41, 5.74) is 1.32.